The van der Waals surface area contributed by atoms with Crippen LogP contribution in [0.1, 0.15) is 38.2 Å². The number of aliphatic imine (C=N–C) groups is 1. The summed E-state index contributed by atoms with van der Waals surface area (Å²) >= 11 is 0. The number of guanidine groups is 1. The van der Waals surface area contributed by atoms with Crippen molar-refractivity contribution in [3.05, 3.63) is 29.8 Å². The van der Waals surface area contributed by atoms with Crippen LogP contribution in [0, 0.1) is 5.41 Å². The molecule has 1 aliphatic rings. The standard InChI is InChI=1S/C20H31N5O2.HI/c1-15(26)24-17-9-7-8-16(12-17)13-22-19(21-2)23-14-20(10-5-6-11-20)18(27)25(3)4;/h7-9,12H,5-6,10-11,13-14H2,1-4H3,(H,24,26)(H2,21,22,23);1H. The predicted molar refractivity (Wildman–Crippen MR) is 124 cm³/mol. The van der Waals surface area contributed by atoms with Crippen LogP contribution < -0.4 is 16.0 Å². The Hall–Kier alpha value is -1.84. The fourth-order valence-electron chi connectivity index (χ4n) is 3.61. The van der Waals surface area contributed by atoms with Crippen LogP contribution in [-0.4, -0.2) is 50.4 Å². The molecule has 0 heterocycles. The number of benzene rings is 1. The first-order chi connectivity index (χ1) is 12.9. The molecule has 0 unspecified atom stereocenters. The van der Waals surface area contributed by atoms with Crippen LogP contribution in [-0.2, 0) is 16.1 Å². The minimum Gasteiger partial charge on any atom is -0.355 e. The Morgan fingerprint density at radius 2 is 1.86 bits per heavy atom. The maximum absolute atomic E-state index is 12.7. The molecule has 1 aromatic carbocycles. The van der Waals surface area contributed by atoms with Crippen LogP contribution in [0.25, 0.3) is 0 Å². The quantitative estimate of drug-likeness (QED) is 0.318. The van der Waals surface area contributed by atoms with E-state index in [1.165, 1.54) is 6.92 Å². The number of nitrogens with one attached hydrogen (secondary N) is 3. The molecule has 156 valence electrons. The summed E-state index contributed by atoms with van der Waals surface area (Å²) in [5.41, 5.74) is 1.46. The van der Waals surface area contributed by atoms with Gasteiger partial charge in [0.05, 0.1) is 5.41 Å². The van der Waals surface area contributed by atoms with Crippen molar-refractivity contribution in [1.82, 2.24) is 15.5 Å². The SMILES string of the molecule is CN=C(NCc1cccc(NC(C)=O)c1)NCC1(C(=O)N(C)C)CCCC1.I. The fraction of sp³-hybridized carbons (Fsp3) is 0.550. The molecule has 7 nitrogen and oxygen atoms in total. The molecule has 0 aromatic heterocycles. The molecule has 0 spiro atoms. The number of carbonyl (C=O) groups is 2. The summed E-state index contributed by atoms with van der Waals surface area (Å²) in [5.74, 6) is 0.758. The van der Waals surface area contributed by atoms with E-state index in [-0.39, 0.29) is 41.2 Å². The smallest absolute Gasteiger partial charge is 0.230 e. The van der Waals surface area contributed by atoms with E-state index in [0.29, 0.717) is 19.0 Å². The van der Waals surface area contributed by atoms with Crippen LogP contribution in [0.2, 0.25) is 0 Å². The minimum absolute atomic E-state index is 0. The van der Waals surface area contributed by atoms with Gasteiger partial charge in [-0.25, -0.2) is 0 Å². The first-order valence-electron chi connectivity index (χ1n) is 9.39. The molecule has 1 fully saturated rings. The topological polar surface area (TPSA) is 85.8 Å². The number of nitrogens with zero attached hydrogens (tertiary/aromatic N) is 2. The van der Waals surface area contributed by atoms with E-state index < -0.39 is 0 Å². The fourth-order valence-corrected chi connectivity index (χ4v) is 3.61. The van der Waals surface area contributed by atoms with E-state index >= 15 is 0 Å². The second-order valence-electron chi connectivity index (χ2n) is 7.35. The highest BCUT2D eigenvalue weighted by Crippen LogP contribution is 2.38. The van der Waals surface area contributed by atoms with Crippen molar-refractivity contribution >= 4 is 47.4 Å². The van der Waals surface area contributed by atoms with Gasteiger partial charge in [-0.15, -0.1) is 24.0 Å². The van der Waals surface area contributed by atoms with Crippen molar-refractivity contribution < 1.29 is 9.59 Å². The highest BCUT2D eigenvalue weighted by atomic mass is 127. The second-order valence-corrected chi connectivity index (χ2v) is 7.35. The summed E-state index contributed by atoms with van der Waals surface area (Å²) in [6.07, 6.45) is 3.99. The lowest BCUT2D eigenvalue weighted by molar-refractivity contribution is -0.138. The number of halogens is 1. The lowest BCUT2D eigenvalue weighted by atomic mass is 9.84. The van der Waals surface area contributed by atoms with Gasteiger partial charge in [0.25, 0.3) is 0 Å². The van der Waals surface area contributed by atoms with Crippen molar-refractivity contribution in [2.75, 3.05) is 33.0 Å². The van der Waals surface area contributed by atoms with Crippen molar-refractivity contribution in [2.45, 2.75) is 39.2 Å². The molecule has 0 radical (unpaired) electrons. The highest BCUT2D eigenvalue weighted by Gasteiger charge is 2.42. The predicted octanol–water partition coefficient (Wildman–Crippen LogP) is 2.58. The summed E-state index contributed by atoms with van der Waals surface area (Å²) in [4.78, 5) is 29.8. The molecule has 8 heteroatoms. The summed E-state index contributed by atoms with van der Waals surface area (Å²) < 4.78 is 0. The molecule has 0 aliphatic heterocycles. The van der Waals surface area contributed by atoms with Gasteiger partial charge in [0.15, 0.2) is 5.96 Å². The van der Waals surface area contributed by atoms with Crippen LogP contribution >= 0.6 is 24.0 Å². The third kappa shape index (κ3) is 6.65. The average Bonchev–Trinajstić information content (AvgIpc) is 3.11. The van der Waals surface area contributed by atoms with E-state index in [4.69, 9.17) is 0 Å². The van der Waals surface area contributed by atoms with Crippen LogP contribution in [0.3, 0.4) is 0 Å². The van der Waals surface area contributed by atoms with Crippen LogP contribution in [0.4, 0.5) is 5.69 Å². The van der Waals surface area contributed by atoms with Gasteiger partial charge in [0.1, 0.15) is 0 Å². The number of carbonyl (C=O) groups excluding carboxylic acids is 2. The van der Waals surface area contributed by atoms with E-state index in [1.54, 1.807) is 11.9 Å². The van der Waals surface area contributed by atoms with Gasteiger partial charge in [-0.2, -0.15) is 0 Å². The first-order valence-corrected chi connectivity index (χ1v) is 9.39. The van der Waals surface area contributed by atoms with Gasteiger partial charge in [-0.1, -0.05) is 25.0 Å². The van der Waals surface area contributed by atoms with Crippen LogP contribution in [0.5, 0.6) is 0 Å². The van der Waals surface area contributed by atoms with E-state index in [0.717, 1.165) is 36.9 Å². The summed E-state index contributed by atoms with van der Waals surface area (Å²) in [6, 6.07) is 7.67. The Bertz CT molecular complexity index is 700. The van der Waals surface area contributed by atoms with E-state index in [9.17, 15) is 9.59 Å². The lowest BCUT2D eigenvalue weighted by Crippen LogP contribution is -2.49. The number of hydrogen-bond donors (Lipinski definition) is 3. The number of amides is 2. The zero-order chi connectivity index (χ0) is 19.9. The molecular weight excluding hydrogens is 469 g/mol. The van der Waals surface area contributed by atoms with Gasteiger partial charge in [-0.05, 0) is 30.5 Å². The summed E-state index contributed by atoms with van der Waals surface area (Å²) in [7, 11) is 5.35. The van der Waals surface area contributed by atoms with E-state index in [1.807, 2.05) is 38.4 Å². The normalized spacial score (nSPS) is 15.4. The maximum Gasteiger partial charge on any atom is 0.230 e. The Morgan fingerprint density at radius 3 is 2.43 bits per heavy atom. The number of rotatable bonds is 6. The van der Waals surface area contributed by atoms with Gasteiger partial charge in [0.2, 0.25) is 11.8 Å². The Labute approximate surface area is 184 Å². The maximum atomic E-state index is 12.7. The Kier molecular flexibility index (Phi) is 9.71. The largest absolute Gasteiger partial charge is 0.355 e. The lowest BCUT2D eigenvalue weighted by Gasteiger charge is -2.31. The first kappa shape index (κ1) is 24.2. The van der Waals surface area contributed by atoms with Gasteiger partial charge < -0.3 is 20.9 Å². The van der Waals surface area contributed by atoms with Crippen molar-refractivity contribution in [1.29, 1.82) is 0 Å². The molecule has 1 aromatic rings. The molecule has 1 aliphatic carbocycles. The molecule has 1 saturated carbocycles. The third-order valence-corrected chi connectivity index (χ3v) is 4.95. The number of hydrogen-bond acceptors (Lipinski definition) is 3. The molecule has 0 atom stereocenters. The third-order valence-electron chi connectivity index (χ3n) is 4.95. The summed E-state index contributed by atoms with van der Waals surface area (Å²) in [5, 5.41) is 9.39. The van der Waals surface area contributed by atoms with Crippen LogP contribution in [0.15, 0.2) is 29.3 Å². The molecular formula is C20H32IN5O2. The Balaban J connectivity index is 0.00000392. The van der Waals surface area contributed by atoms with Gasteiger partial charge in [0, 0.05) is 46.8 Å². The van der Waals surface area contributed by atoms with Crippen molar-refractivity contribution in [3.8, 4) is 0 Å². The zero-order valence-electron chi connectivity index (χ0n) is 17.2. The summed E-state index contributed by atoms with van der Waals surface area (Å²) in [6.45, 7) is 2.64. The molecule has 2 rings (SSSR count). The minimum atomic E-state index is -0.341. The molecule has 0 saturated heterocycles. The average molecular weight is 501 g/mol. The number of anilines is 1. The van der Waals surface area contributed by atoms with Gasteiger partial charge in [-0.3, -0.25) is 14.6 Å². The van der Waals surface area contributed by atoms with Crippen molar-refractivity contribution in [2.24, 2.45) is 10.4 Å². The highest BCUT2D eigenvalue weighted by molar-refractivity contribution is 14.0. The molecule has 3 N–H and O–H groups in total. The van der Waals surface area contributed by atoms with Crippen molar-refractivity contribution in [3.63, 3.8) is 0 Å². The van der Waals surface area contributed by atoms with E-state index in [2.05, 4.69) is 20.9 Å². The Morgan fingerprint density at radius 1 is 1.18 bits per heavy atom. The molecule has 0 bridgehead atoms. The monoisotopic (exact) mass is 501 g/mol. The van der Waals surface area contributed by atoms with Gasteiger partial charge >= 0.3 is 0 Å². The molecule has 28 heavy (non-hydrogen) atoms. The molecule has 2 amide bonds. The second kappa shape index (κ2) is 11.2. The zero-order valence-corrected chi connectivity index (χ0v) is 19.5.